The highest BCUT2D eigenvalue weighted by atomic mass is 32.2. The molecule has 0 heterocycles. The normalized spacial score (nSPS) is 13.6. The number of anilines is 1. The summed E-state index contributed by atoms with van der Waals surface area (Å²) in [6.45, 7) is 0.357. The van der Waals surface area contributed by atoms with E-state index < -0.39 is 10.0 Å². The van der Waals surface area contributed by atoms with Crippen molar-refractivity contribution < 1.29 is 22.7 Å². The molecule has 2 N–H and O–H groups in total. The van der Waals surface area contributed by atoms with Gasteiger partial charge in [-0.15, -0.1) is 0 Å². The molecule has 2 aromatic rings. The van der Waals surface area contributed by atoms with Crippen LogP contribution in [0, 0.1) is 0 Å². The lowest BCUT2D eigenvalue weighted by Gasteiger charge is -2.20. The molecule has 0 aliphatic heterocycles. The van der Waals surface area contributed by atoms with Crippen molar-refractivity contribution in [3.63, 3.8) is 0 Å². The van der Waals surface area contributed by atoms with E-state index in [0.29, 0.717) is 0 Å². The third-order valence-corrected chi connectivity index (χ3v) is 6.44. The highest BCUT2D eigenvalue weighted by molar-refractivity contribution is 7.89. The average molecular weight is 419 g/mol. The minimum Gasteiger partial charge on any atom is -0.495 e. The Labute approximate surface area is 171 Å². The van der Waals surface area contributed by atoms with E-state index in [0.717, 1.165) is 36.9 Å². The number of nitrogens with one attached hydrogen (secondary N) is 2. The summed E-state index contributed by atoms with van der Waals surface area (Å²) in [5, 5.41) is 2.94. The van der Waals surface area contributed by atoms with E-state index in [-0.39, 0.29) is 35.3 Å². The predicted molar refractivity (Wildman–Crippen MR) is 111 cm³/mol. The van der Waals surface area contributed by atoms with Gasteiger partial charge in [0.2, 0.25) is 10.0 Å². The van der Waals surface area contributed by atoms with Gasteiger partial charge in [0.1, 0.15) is 10.6 Å². The van der Waals surface area contributed by atoms with Gasteiger partial charge in [0.25, 0.3) is 5.91 Å². The highest BCUT2D eigenvalue weighted by Crippen LogP contribution is 2.29. The molecule has 0 bridgehead atoms. The molecule has 3 rings (SSSR count). The van der Waals surface area contributed by atoms with Crippen LogP contribution < -0.4 is 14.8 Å². The third kappa shape index (κ3) is 4.95. The Morgan fingerprint density at radius 1 is 1.10 bits per heavy atom. The summed E-state index contributed by atoms with van der Waals surface area (Å²) in [7, 11) is -0.977. The van der Waals surface area contributed by atoms with E-state index in [4.69, 9.17) is 9.47 Å². The first-order valence-corrected chi connectivity index (χ1v) is 11.0. The lowest BCUT2D eigenvalue weighted by atomic mass is 9.90. The standard InChI is InChI=1S/C21H26N2O5S/c1-27-13-12-22-29(25,26)20-14-16(10-11-19(20)28-2)21(24)23-18-9-5-7-15-6-3-4-8-17(15)18/h5,7,9-11,14,22H,3-4,6,8,12-13H2,1-2H3,(H,23,24). The number of hydrogen-bond acceptors (Lipinski definition) is 5. The number of methoxy groups -OCH3 is 2. The number of hydrogen-bond donors (Lipinski definition) is 2. The van der Waals surface area contributed by atoms with Gasteiger partial charge in [0.05, 0.1) is 13.7 Å². The number of sulfonamides is 1. The first kappa shape index (κ1) is 21.3. The van der Waals surface area contributed by atoms with E-state index in [1.54, 1.807) is 6.07 Å². The monoisotopic (exact) mass is 418 g/mol. The van der Waals surface area contributed by atoms with Gasteiger partial charge in [-0.05, 0) is 61.1 Å². The number of amides is 1. The molecule has 29 heavy (non-hydrogen) atoms. The number of rotatable bonds is 8. The van der Waals surface area contributed by atoms with E-state index in [1.165, 1.54) is 31.9 Å². The number of fused-ring (bicyclic) bond motifs is 1. The minimum atomic E-state index is -3.85. The first-order valence-electron chi connectivity index (χ1n) is 9.55. The zero-order valence-electron chi connectivity index (χ0n) is 16.7. The van der Waals surface area contributed by atoms with Gasteiger partial charge in [-0.25, -0.2) is 13.1 Å². The van der Waals surface area contributed by atoms with Crippen LogP contribution in [0.3, 0.4) is 0 Å². The predicted octanol–water partition coefficient (Wildman–Crippen LogP) is 2.75. The fourth-order valence-electron chi connectivity index (χ4n) is 3.48. The van der Waals surface area contributed by atoms with Crippen LogP contribution in [0.15, 0.2) is 41.3 Å². The maximum atomic E-state index is 12.9. The molecule has 1 aliphatic carbocycles. The molecule has 0 spiro atoms. The molecule has 0 unspecified atom stereocenters. The molecule has 0 saturated heterocycles. The van der Waals surface area contributed by atoms with Gasteiger partial charge in [0.15, 0.2) is 0 Å². The summed E-state index contributed by atoms with van der Waals surface area (Å²) < 4.78 is 37.8. The van der Waals surface area contributed by atoms with Crippen LogP contribution in [0.2, 0.25) is 0 Å². The molecule has 8 heteroatoms. The number of ether oxygens (including phenoxy) is 2. The van der Waals surface area contributed by atoms with Crippen molar-refractivity contribution in [3.05, 3.63) is 53.1 Å². The quantitative estimate of drug-likeness (QED) is 0.643. The molecule has 7 nitrogen and oxygen atoms in total. The van der Waals surface area contributed by atoms with Crippen LogP contribution in [-0.4, -0.2) is 41.7 Å². The second kappa shape index (κ2) is 9.39. The van der Waals surface area contributed by atoms with Gasteiger partial charge in [-0.2, -0.15) is 0 Å². The Hall–Kier alpha value is -2.42. The lowest BCUT2D eigenvalue weighted by molar-refractivity contribution is 0.102. The molecular weight excluding hydrogens is 392 g/mol. The van der Waals surface area contributed by atoms with Gasteiger partial charge in [-0.3, -0.25) is 4.79 Å². The van der Waals surface area contributed by atoms with Crippen LogP contribution in [0.4, 0.5) is 5.69 Å². The first-order chi connectivity index (χ1) is 14.0. The van der Waals surface area contributed by atoms with Crippen molar-refractivity contribution in [2.75, 3.05) is 32.7 Å². The SMILES string of the molecule is COCCNS(=O)(=O)c1cc(C(=O)Nc2cccc3c2CCCC3)ccc1OC. The van der Waals surface area contributed by atoms with Crippen LogP contribution in [0.5, 0.6) is 5.75 Å². The molecule has 0 aromatic heterocycles. The summed E-state index contributed by atoms with van der Waals surface area (Å²) in [5.74, 6) is -0.191. The molecular formula is C21H26N2O5S. The minimum absolute atomic E-state index is 0.0844. The van der Waals surface area contributed by atoms with Gasteiger partial charge >= 0.3 is 0 Å². The number of benzene rings is 2. The zero-order valence-corrected chi connectivity index (χ0v) is 17.5. The summed E-state index contributed by atoms with van der Waals surface area (Å²) >= 11 is 0. The number of carbonyl (C=O) groups is 1. The largest absolute Gasteiger partial charge is 0.495 e. The summed E-state index contributed by atoms with van der Waals surface area (Å²) in [6, 6.07) is 10.3. The summed E-state index contributed by atoms with van der Waals surface area (Å²) in [6.07, 6.45) is 4.19. The molecule has 0 radical (unpaired) electrons. The van der Waals surface area contributed by atoms with Gasteiger partial charge in [-0.1, -0.05) is 12.1 Å². The Balaban J connectivity index is 1.87. The van der Waals surface area contributed by atoms with Crippen LogP contribution in [0.1, 0.15) is 34.3 Å². The lowest BCUT2D eigenvalue weighted by Crippen LogP contribution is -2.28. The van der Waals surface area contributed by atoms with Crippen molar-refractivity contribution in [2.24, 2.45) is 0 Å². The summed E-state index contributed by atoms with van der Waals surface area (Å²) in [5.41, 5.74) is 3.45. The number of carbonyl (C=O) groups excluding carboxylic acids is 1. The summed E-state index contributed by atoms with van der Waals surface area (Å²) in [4.78, 5) is 12.8. The van der Waals surface area contributed by atoms with Crippen molar-refractivity contribution in [1.29, 1.82) is 0 Å². The third-order valence-electron chi connectivity index (χ3n) is 4.96. The topological polar surface area (TPSA) is 93.7 Å². The van der Waals surface area contributed by atoms with Crippen molar-refractivity contribution >= 4 is 21.6 Å². The maximum Gasteiger partial charge on any atom is 0.255 e. The molecule has 156 valence electrons. The van der Waals surface area contributed by atoms with Crippen molar-refractivity contribution in [2.45, 2.75) is 30.6 Å². The molecule has 1 amide bonds. The maximum absolute atomic E-state index is 12.9. The Bertz CT molecular complexity index is 989. The average Bonchev–Trinajstić information content (AvgIpc) is 2.73. The molecule has 2 aromatic carbocycles. The fourth-order valence-corrected chi connectivity index (χ4v) is 4.68. The highest BCUT2D eigenvalue weighted by Gasteiger charge is 2.22. The van der Waals surface area contributed by atoms with Crippen LogP contribution in [-0.2, 0) is 27.6 Å². The van der Waals surface area contributed by atoms with Crippen molar-refractivity contribution in [3.8, 4) is 5.75 Å². The van der Waals surface area contributed by atoms with E-state index in [9.17, 15) is 13.2 Å². The van der Waals surface area contributed by atoms with E-state index in [2.05, 4.69) is 16.1 Å². The Morgan fingerprint density at radius 2 is 1.90 bits per heavy atom. The van der Waals surface area contributed by atoms with E-state index >= 15 is 0 Å². The molecule has 0 saturated carbocycles. The van der Waals surface area contributed by atoms with Crippen molar-refractivity contribution in [1.82, 2.24) is 4.72 Å². The Morgan fingerprint density at radius 3 is 2.66 bits per heavy atom. The Kier molecular flexibility index (Phi) is 6.89. The van der Waals surface area contributed by atoms with Crippen LogP contribution in [0.25, 0.3) is 0 Å². The zero-order chi connectivity index (χ0) is 20.9. The van der Waals surface area contributed by atoms with E-state index in [1.807, 2.05) is 12.1 Å². The molecule has 0 fully saturated rings. The second-order valence-electron chi connectivity index (χ2n) is 6.86. The number of aryl methyl sites for hydroxylation is 1. The van der Waals surface area contributed by atoms with Gasteiger partial charge < -0.3 is 14.8 Å². The molecule has 0 atom stereocenters. The molecule has 1 aliphatic rings. The van der Waals surface area contributed by atoms with Crippen LogP contribution >= 0.6 is 0 Å². The second-order valence-corrected chi connectivity index (χ2v) is 8.60. The smallest absolute Gasteiger partial charge is 0.255 e. The fraction of sp³-hybridized carbons (Fsp3) is 0.381. The van der Waals surface area contributed by atoms with Gasteiger partial charge in [0, 0.05) is 24.9 Å².